The predicted octanol–water partition coefficient (Wildman–Crippen LogP) is 2.64. The average Bonchev–Trinajstić information content (AvgIpc) is 3.74. The van der Waals surface area contributed by atoms with E-state index in [2.05, 4.69) is 21.2 Å². The number of rotatable bonds is 8. The molecular weight excluding hydrogens is 639 g/mol. The first kappa shape index (κ1) is 30.9. The number of aromatic nitrogens is 2. The maximum absolute atomic E-state index is 14.3. The second-order valence-corrected chi connectivity index (χ2v) is 12.6. The van der Waals surface area contributed by atoms with Crippen LogP contribution < -0.4 is 16.8 Å². The van der Waals surface area contributed by atoms with Gasteiger partial charge in [-0.1, -0.05) is 47.6 Å². The summed E-state index contributed by atoms with van der Waals surface area (Å²) in [7, 11) is 0. The Hall–Kier alpha value is -5.72. The molecule has 2 atom stereocenters. The number of terminal acetylenes is 1. The molecule has 4 heterocycles. The van der Waals surface area contributed by atoms with Crippen LogP contribution in [0.1, 0.15) is 16.7 Å². The summed E-state index contributed by atoms with van der Waals surface area (Å²) in [6.07, 6.45) is 5.09. The van der Waals surface area contributed by atoms with Gasteiger partial charge < -0.3 is 25.3 Å². The van der Waals surface area contributed by atoms with Gasteiger partial charge in [-0.2, -0.15) is 5.01 Å². The molecule has 7 rings (SSSR count). The number of hydrogen-bond donors (Lipinski definition) is 3. The number of fused-ring (bicyclic) bond motifs is 3. The molecule has 2 aliphatic rings. The van der Waals surface area contributed by atoms with Crippen LogP contribution >= 0.6 is 11.3 Å². The zero-order chi connectivity index (χ0) is 33.5. The first-order valence-electron chi connectivity index (χ1n) is 15.0. The monoisotopic (exact) mass is 668 g/mol. The van der Waals surface area contributed by atoms with Gasteiger partial charge in [0.25, 0.3) is 0 Å². The van der Waals surface area contributed by atoms with Crippen molar-refractivity contribution in [2.24, 2.45) is 0 Å². The quantitative estimate of drug-likeness (QED) is 0.213. The van der Waals surface area contributed by atoms with Crippen LogP contribution in [0.15, 0.2) is 69.9 Å². The van der Waals surface area contributed by atoms with Crippen LogP contribution in [0.3, 0.4) is 0 Å². The van der Waals surface area contributed by atoms with E-state index < -0.39 is 29.8 Å². The number of benzene rings is 3. The van der Waals surface area contributed by atoms with Gasteiger partial charge in [0.1, 0.15) is 18.0 Å². The van der Waals surface area contributed by atoms with Gasteiger partial charge in [-0.15, -0.1) is 6.42 Å². The summed E-state index contributed by atoms with van der Waals surface area (Å²) >= 11 is 1.35. The second-order valence-electron chi connectivity index (χ2n) is 11.5. The summed E-state index contributed by atoms with van der Waals surface area (Å²) in [4.78, 5) is 63.7. The Kier molecular flexibility index (Phi) is 8.03. The van der Waals surface area contributed by atoms with E-state index in [4.69, 9.17) is 16.6 Å². The van der Waals surface area contributed by atoms with Crippen LogP contribution in [0.2, 0.25) is 0 Å². The molecule has 0 spiro atoms. The third-order valence-corrected chi connectivity index (χ3v) is 9.35. The number of amides is 4. The van der Waals surface area contributed by atoms with Crippen molar-refractivity contribution in [3.05, 3.63) is 93.7 Å². The van der Waals surface area contributed by atoms with E-state index in [-0.39, 0.29) is 51.0 Å². The minimum atomic E-state index is -0.938. The summed E-state index contributed by atoms with van der Waals surface area (Å²) < 4.78 is 19.4. The first-order chi connectivity index (χ1) is 23.2. The molecular formula is C33H29FN8O5S. The molecule has 0 bridgehead atoms. The van der Waals surface area contributed by atoms with Gasteiger partial charge in [0, 0.05) is 19.5 Å². The average molecular weight is 669 g/mol. The van der Waals surface area contributed by atoms with E-state index >= 15 is 0 Å². The number of hydrogen-bond acceptors (Lipinski definition) is 9. The molecule has 5 aromatic rings. The molecule has 0 radical (unpaired) electrons. The topological polar surface area (TPSA) is 161 Å². The number of nitrogen functional groups attached to an aromatic ring is 1. The molecule has 0 aliphatic carbocycles. The van der Waals surface area contributed by atoms with Crippen molar-refractivity contribution < 1.29 is 23.2 Å². The molecule has 0 saturated carbocycles. The number of H-pyrrole nitrogens is 1. The number of carbonyl (C=O) groups excluding carboxylic acids is 3. The molecule has 2 saturated heterocycles. The van der Waals surface area contributed by atoms with Gasteiger partial charge in [0.05, 0.1) is 35.4 Å². The van der Waals surface area contributed by atoms with E-state index in [1.165, 1.54) is 33.4 Å². The Bertz CT molecular complexity index is 2150. The molecule has 244 valence electrons. The van der Waals surface area contributed by atoms with E-state index in [0.717, 1.165) is 10.3 Å². The lowest BCUT2D eigenvalue weighted by Gasteiger charge is -2.46. The summed E-state index contributed by atoms with van der Waals surface area (Å²) in [6, 6.07) is 15.0. The van der Waals surface area contributed by atoms with Gasteiger partial charge in [-0.3, -0.25) is 14.6 Å². The van der Waals surface area contributed by atoms with E-state index in [1.807, 2.05) is 18.2 Å². The Morgan fingerprint density at radius 1 is 1.17 bits per heavy atom. The molecule has 4 amide bonds. The van der Waals surface area contributed by atoms with Crippen molar-refractivity contribution in [2.75, 3.05) is 25.4 Å². The number of urea groups is 1. The lowest BCUT2D eigenvalue weighted by atomic mass is 9.99. The predicted molar refractivity (Wildman–Crippen MR) is 175 cm³/mol. The number of thiazole rings is 1. The number of hydrazine groups is 1. The molecule has 3 aromatic carbocycles. The van der Waals surface area contributed by atoms with E-state index in [9.17, 15) is 23.6 Å². The second kappa shape index (κ2) is 12.5. The highest BCUT2D eigenvalue weighted by Crippen LogP contribution is 2.32. The number of oxazole rings is 1. The SMILES string of the molecule is C#CCN(C(=O)NCc1ccc(F)cc1)N1CC(=O)N2[C@@H](Cc3ccc4oc(=O)[nH]c4c3)C(=O)N(Cc3cccc4sc(N)nc34)C[C@@H]21. The summed E-state index contributed by atoms with van der Waals surface area (Å²) in [6.45, 7) is 0.0241. The molecule has 2 aliphatic heterocycles. The fraction of sp³-hybridized carbons (Fsp3) is 0.242. The molecule has 15 heteroatoms. The van der Waals surface area contributed by atoms with Crippen molar-refractivity contribution >= 4 is 55.6 Å². The fourth-order valence-corrected chi connectivity index (χ4v) is 7.11. The number of nitrogens with two attached hydrogens (primary N) is 1. The lowest BCUT2D eigenvalue weighted by Crippen LogP contribution is -2.66. The number of nitrogens with one attached hydrogen (secondary N) is 2. The van der Waals surface area contributed by atoms with Gasteiger partial charge >= 0.3 is 11.8 Å². The summed E-state index contributed by atoms with van der Waals surface area (Å²) in [5.41, 5.74) is 9.68. The zero-order valence-corrected chi connectivity index (χ0v) is 26.2. The Labute approximate surface area is 276 Å². The van der Waals surface area contributed by atoms with Crippen LogP contribution in [-0.2, 0) is 29.1 Å². The number of nitrogens with zero attached hydrogens (tertiary/aromatic N) is 5. The van der Waals surface area contributed by atoms with Crippen molar-refractivity contribution in [1.29, 1.82) is 0 Å². The highest BCUT2D eigenvalue weighted by Gasteiger charge is 2.52. The smallest absolute Gasteiger partial charge is 0.408 e. The van der Waals surface area contributed by atoms with Gasteiger partial charge in [0.2, 0.25) is 11.8 Å². The van der Waals surface area contributed by atoms with Crippen molar-refractivity contribution in [1.82, 2.24) is 35.1 Å². The fourth-order valence-electron chi connectivity index (χ4n) is 6.33. The minimum Gasteiger partial charge on any atom is -0.408 e. The van der Waals surface area contributed by atoms with Gasteiger partial charge in [-0.05, 0) is 47.0 Å². The summed E-state index contributed by atoms with van der Waals surface area (Å²) in [5.74, 6) is 0.870. The van der Waals surface area contributed by atoms with Gasteiger partial charge in [0.15, 0.2) is 10.7 Å². The molecule has 13 nitrogen and oxygen atoms in total. The number of anilines is 1. The van der Waals surface area contributed by atoms with Crippen molar-refractivity contribution in [3.8, 4) is 12.3 Å². The number of para-hydroxylation sites is 1. The Morgan fingerprint density at radius 3 is 2.75 bits per heavy atom. The molecule has 4 N–H and O–H groups in total. The highest BCUT2D eigenvalue weighted by molar-refractivity contribution is 7.22. The van der Waals surface area contributed by atoms with Crippen molar-refractivity contribution in [2.45, 2.75) is 31.7 Å². The minimum absolute atomic E-state index is 0.0808. The molecule has 2 aromatic heterocycles. The molecule has 2 fully saturated rings. The normalized spacial score (nSPS) is 18.0. The van der Waals surface area contributed by atoms with Crippen LogP contribution in [0.5, 0.6) is 0 Å². The first-order valence-corrected chi connectivity index (χ1v) is 15.9. The van der Waals surface area contributed by atoms with Crippen LogP contribution in [0, 0.1) is 18.2 Å². The Morgan fingerprint density at radius 2 is 1.96 bits per heavy atom. The third kappa shape index (κ3) is 5.83. The standard InChI is InChI=1S/C33H29FN8O5S/c1-2-12-40(32(45)36-15-19-6-9-22(34)10-7-19)41-18-28(43)42-24(14-20-8-11-25-23(13-20)37-33(46)47-25)30(44)39(17-27(41)42)16-21-4-3-5-26-29(21)38-31(35)48-26/h1,3-11,13,24,27H,12,14-18H2,(H2,35,38)(H,36,45)(H,37,46)/t24-,27+/m0/s1. The number of aromatic amines is 1. The van der Waals surface area contributed by atoms with Gasteiger partial charge in [-0.25, -0.2) is 24.0 Å². The third-order valence-electron chi connectivity index (χ3n) is 8.50. The molecule has 0 unspecified atom stereocenters. The number of halogens is 1. The maximum atomic E-state index is 14.3. The van der Waals surface area contributed by atoms with Crippen molar-refractivity contribution in [3.63, 3.8) is 0 Å². The van der Waals surface area contributed by atoms with Crippen LogP contribution in [0.25, 0.3) is 21.3 Å². The van der Waals surface area contributed by atoms with E-state index in [1.54, 1.807) is 40.2 Å². The summed E-state index contributed by atoms with van der Waals surface area (Å²) in [5, 5.41) is 6.09. The Balaban J connectivity index is 1.21. The van der Waals surface area contributed by atoms with E-state index in [0.29, 0.717) is 32.9 Å². The molecule has 48 heavy (non-hydrogen) atoms. The number of piperazine rings is 1. The van der Waals surface area contributed by atoms with Crippen LogP contribution in [0.4, 0.5) is 14.3 Å². The highest BCUT2D eigenvalue weighted by atomic mass is 32.1. The lowest BCUT2D eigenvalue weighted by molar-refractivity contribution is -0.157. The maximum Gasteiger partial charge on any atom is 0.417 e. The zero-order valence-electron chi connectivity index (χ0n) is 25.4. The van der Waals surface area contributed by atoms with Crippen LogP contribution in [-0.4, -0.2) is 79.5 Å². The number of carbonyl (C=O) groups is 3. The largest absolute Gasteiger partial charge is 0.417 e.